The van der Waals surface area contributed by atoms with E-state index < -0.39 is 0 Å². The zero-order chi connectivity index (χ0) is 10.4. The van der Waals surface area contributed by atoms with Crippen LogP contribution in [0.25, 0.3) is 0 Å². The molecule has 0 atom stereocenters. The molecule has 0 amide bonds. The Balaban J connectivity index is 0.00000196. The summed E-state index contributed by atoms with van der Waals surface area (Å²) in [5, 5.41) is 0. The molecular weight excluding hydrogens is 406 g/mol. The summed E-state index contributed by atoms with van der Waals surface area (Å²) in [5.41, 5.74) is 2.90. The fraction of sp³-hybridized carbons (Fsp3) is 0.500. The maximum absolute atomic E-state index is 2.29. The fourth-order valence-corrected chi connectivity index (χ4v) is 1.74. The monoisotopic (exact) mass is 427 g/mol. The second-order valence-electron chi connectivity index (χ2n) is 4.27. The van der Waals surface area contributed by atoms with Gasteiger partial charge in [0.05, 0.1) is 0 Å². The summed E-state index contributed by atoms with van der Waals surface area (Å²) in [6.07, 6.45) is 6.06. The summed E-state index contributed by atoms with van der Waals surface area (Å²) in [7, 11) is 0. The zero-order valence-corrected chi connectivity index (χ0v) is 14.2. The van der Waals surface area contributed by atoms with Crippen LogP contribution in [0.5, 0.6) is 0 Å². The van der Waals surface area contributed by atoms with Gasteiger partial charge in [-0.3, -0.25) is 0 Å². The molecular formula is C14H21U-. The van der Waals surface area contributed by atoms with E-state index in [0.29, 0.717) is 0 Å². The van der Waals surface area contributed by atoms with E-state index in [1.807, 2.05) is 0 Å². The fourth-order valence-electron chi connectivity index (χ4n) is 1.74. The van der Waals surface area contributed by atoms with Crippen LogP contribution < -0.4 is 0 Å². The van der Waals surface area contributed by atoms with Crippen LogP contribution in [0.4, 0.5) is 0 Å². The Bertz CT molecular complexity index is 266. The summed E-state index contributed by atoms with van der Waals surface area (Å²) in [4.78, 5) is 0. The third-order valence-corrected chi connectivity index (χ3v) is 2.59. The maximum Gasteiger partial charge on any atom is 0 e. The normalized spacial score (nSPS) is 9.87. The quantitative estimate of drug-likeness (QED) is 0.617. The van der Waals surface area contributed by atoms with Crippen molar-refractivity contribution in [3.8, 4) is 0 Å². The SMILES string of the molecule is C[CH-]c1ccccc1CCCC(C)C.[U]. The minimum Gasteiger partial charge on any atom is -0.189 e. The van der Waals surface area contributed by atoms with Crippen LogP contribution in [0.15, 0.2) is 24.3 Å². The first-order valence-corrected chi connectivity index (χ1v) is 5.61. The topological polar surface area (TPSA) is 0 Å². The third-order valence-electron chi connectivity index (χ3n) is 2.59. The first-order valence-electron chi connectivity index (χ1n) is 5.61. The van der Waals surface area contributed by atoms with Crippen molar-refractivity contribution < 1.29 is 31.1 Å². The van der Waals surface area contributed by atoms with E-state index in [1.54, 1.807) is 0 Å². The molecule has 0 aromatic heterocycles. The van der Waals surface area contributed by atoms with Gasteiger partial charge in [-0.1, -0.05) is 46.1 Å². The molecule has 0 spiro atoms. The van der Waals surface area contributed by atoms with Gasteiger partial charge in [0.1, 0.15) is 0 Å². The Morgan fingerprint density at radius 2 is 1.87 bits per heavy atom. The van der Waals surface area contributed by atoms with Crippen LogP contribution in [0.2, 0.25) is 0 Å². The molecule has 0 saturated carbocycles. The zero-order valence-electron chi connectivity index (χ0n) is 10.1. The van der Waals surface area contributed by atoms with Gasteiger partial charge in [0.25, 0.3) is 0 Å². The van der Waals surface area contributed by atoms with Gasteiger partial charge in [0.2, 0.25) is 0 Å². The summed E-state index contributed by atoms with van der Waals surface area (Å²) in [6, 6.07) is 8.69. The second kappa shape index (κ2) is 8.31. The number of hydrogen-bond acceptors (Lipinski definition) is 0. The van der Waals surface area contributed by atoms with Gasteiger partial charge in [0, 0.05) is 31.1 Å². The average molecular weight is 427 g/mol. The molecule has 0 heterocycles. The predicted octanol–water partition coefficient (Wildman–Crippen LogP) is 4.24. The molecule has 15 heavy (non-hydrogen) atoms. The Morgan fingerprint density at radius 3 is 2.47 bits per heavy atom. The molecule has 0 aliphatic rings. The van der Waals surface area contributed by atoms with Crippen molar-refractivity contribution in [2.75, 3.05) is 0 Å². The van der Waals surface area contributed by atoms with Crippen LogP contribution >= 0.6 is 0 Å². The molecule has 0 bridgehead atoms. The second-order valence-corrected chi connectivity index (χ2v) is 4.27. The van der Waals surface area contributed by atoms with E-state index in [0.717, 1.165) is 5.92 Å². The van der Waals surface area contributed by atoms with Gasteiger partial charge in [-0.05, 0) is 5.92 Å². The Morgan fingerprint density at radius 1 is 1.20 bits per heavy atom. The molecule has 1 aromatic rings. The van der Waals surface area contributed by atoms with Crippen LogP contribution in [0.1, 0.15) is 44.7 Å². The Labute approximate surface area is 118 Å². The summed E-state index contributed by atoms with van der Waals surface area (Å²) >= 11 is 0. The maximum atomic E-state index is 2.29. The predicted molar refractivity (Wildman–Crippen MR) is 63.3 cm³/mol. The molecule has 0 saturated heterocycles. The van der Waals surface area contributed by atoms with E-state index in [2.05, 4.69) is 51.5 Å². The van der Waals surface area contributed by atoms with Crippen LogP contribution in [0, 0.1) is 43.5 Å². The van der Waals surface area contributed by atoms with E-state index in [-0.39, 0.29) is 31.1 Å². The van der Waals surface area contributed by atoms with Crippen LogP contribution in [0.3, 0.4) is 0 Å². The van der Waals surface area contributed by atoms with Crippen molar-refractivity contribution in [1.29, 1.82) is 0 Å². The standard InChI is InChI=1S/C14H21.U/c1-4-13-9-5-6-10-14(13)11-7-8-12(2)3;/h4-6,9-10,12H,7-8,11H2,1-3H3;/q-1;. The van der Waals surface area contributed by atoms with Gasteiger partial charge in [-0.2, -0.15) is 18.1 Å². The van der Waals surface area contributed by atoms with Gasteiger partial charge < -0.3 is 0 Å². The van der Waals surface area contributed by atoms with Crippen LogP contribution in [-0.4, -0.2) is 0 Å². The molecule has 0 aliphatic heterocycles. The van der Waals surface area contributed by atoms with Crippen molar-refractivity contribution in [3.63, 3.8) is 0 Å². The molecule has 82 valence electrons. The van der Waals surface area contributed by atoms with Crippen molar-refractivity contribution in [3.05, 3.63) is 41.8 Å². The van der Waals surface area contributed by atoms with Crippen molar-refractivity contribution >= 4 is 0 Å². The van der Waals surface area contributed by atoms with Crippen molar-refractivity contribution in [2.45, 2.75) is 40.0 Å². The molecule has 1 heteroatoms. The minimum atomic E-state index is 0. The first-order chi connectivity index (χ1) is 6.74. The summed E-state index contributed by atoms with van der Waals surface area (Å²) in [6.45, 7) is 6.69. The first kappa shape index (κ1) is 15.1. The third kappa shape index (κ3) is 5.69. The molecule has 1 aromatic carbocycles. The van der Waals surface area contributed by atoms with Crippen LogP contribution in [-0.2, 0) is 6.42 Å². The molecule has 0 fully saturated rings. The van der Waals surface area contributed by atoms with Gasteiger partial charge in [-0.15, -0.1) is 17.7 Å². The van der Waals surface area contributed by atoms with Gasteiger partial charge in [-0.25, -0.2) is 0 Å². The Hall–Kier alpha value is 0.142. The molecule has 0 radical (unpaired) electrons. The van der Waals surface area contributed by atoms with E-state index in [9.17, 15) is 0 Å². The smallest absolute Gasteiger partial charge is 0 e. The molecule has 1 rings (SSSR count). The number of aryl methyl sites for hydroxylation is 1. The molecule has 0 unspecified atom stereocenters. The number of benzene rings is 1. The average Bonchev–Trinajstić information content (AvgIpc) is 2.18. The van der Waals surface area contributed by atoms with Crippen molar-refractivity contribution in [2.24, 2.45) is 5.92 Å². The minimum absolute atomic E-state index is 0. The number of rotatable bonds is 5. The van der Waals surface area contributed by atoms with Gasteiger partial charge in [0.15, 0.2) is 0 Å². The summed E-state index contributed by atoms with van der Waals surface area (Å²) < 4.78 is 0. The van der Waals surface area contributed by atoms with Crippen molar-refractivity contribution in [1.82, 2.24) is 0 Å². The largest absolute Gasteiger partial charge is 0.189 e. The molecule has 0 nitrogen and oxygen atoms in total. The molecule has 0 N–H and O–H groups in total. The summed E-state index contributed by atoms with van der Waals surface area (Å²) in [5.74, 6) is 0.827. The number of hydrogen-bond donors (Lipinski definition) is 0. The van der Waals surface area contributed by atoms with E-state index >= 15 is 0 Å². The van der Waals surface area contributed by atoms with E-state index in [1.165, 1.54) is 30.4 Å². The Kier molecular flexibility index (Phi) is 8.39. The molecule has 0 aliphatic carbocycles. The van der Waals surface area contributed by atoms with E-state index in [4.69, 9.17) is 0 Å². The van der Waals surface area contributed by atoms with Gasteiger partial charge >= 0.3 is 0 Å².